The lowest BCUT2D eigenvalue weighted by atomic mass is 9.85. The first-order valence-electron chi connectivity index (χ1n) is 12.0. The third kappa shape index (κ3) is 6.84. The Morgan fingerprint density at radius 2 is 1.82 bits per heavy atom. The second kappa shape index (κ2) is 11.5. The summed E-state index contributed by atoms with van der Waals surface area (Å²) in [6.07, 6.45) is 5.49. The Morgan fingerprint density at radius 3 is 2.47 bits per heavy atom. The van der Waals surface area contributed by atoms with E-state index in [1.54, 1.807) is 19.9 Å². The van der Waals surface area contributed by atoms with Crippen LogP contribution in [0.4, 0.5) is 0 Å². The van der Waals surface area contributed by atoms with Crippen LogP contribution >= 0.6 is 11.6 Å². The van der Waals surface area contributed by atoms with Crippen LogP contribution in [0, 0.1) is 17.2 Å². The highest BCUT2D eigenvalue weighted by atomic mass is 35.5. The number of halogens is 1. The lowest BCUT2D eigenvalue weighted by molar-refractivity contribution is -0.170. The lowest BCUT2D eigenvalue weighted by Crippen LogP contribution is -2.50. The van der Waals surface area contributed by atoms with Crippen LogP contribution in [0.25, 0.3) is 0 Å². The SMILES string of the molecule is C[C@H](NC(=O)C(C)(C)OC(=O)C1CCCCC1)[C@@H](Cc1ccc(Cl)cc1)c1cccc(C#N)c1. The molecule has 1 aliphatic rings. The summed E-state index contributed by atoms with van der Waals surface area (Å²) in [5, 5.41) is 13.1. The molecule has 0 spiro atoms. The second-order valence-corrected chi connectivity index (χ2v) is 10.1. The number of hydrogen-bond donors (Lipinski definition) is 1. The highest BCUT2D eigenvalue weighted by molar-refractivity contribution is 6.30. The summed E-state index contributed by atoms with van der Waals surface area (Å²) in [7, 11) is 0. The molecule has 1 fully saturated rings. The van der Waals surface area contributed by atoms with Crippen LogP contribution < -0.4 is 5.32 Å². The summed E-state index contributed by atoms with van der Waals surface area (Å²) in [6, 6.07) is 17.0. The van der Waals surface area contributed by atoms with E-state index in [1.165, 1.54) is 0 Å². The molecule has 2 aromatic rings. The highest BCUT2D eigenvalue weighted by Crippen LogP contribution is 2.29. The first kappa shape index (κ1) is 25.8. The quantitative estimate of drug-likeness (QED) is 0.474. The van der Waals surface area contributed by atoms with Crippen LogP contribution in [0.2, 0.25) is 5.02 Å². The van der Waals surface area contributed by atoms with Crippen molar-refractivity contribution in [3.8, 4) is 6.07 Å². The average Bonchev–Trinajstić information content (AvgIpc) is 2.83. The van der Waals surface area contributed by atoms with Crippen LogP contribution in [-0.4, -0.2) is 23.5 Å². The number of carbonyl (C=O) groups excluding carboxylic acids is 2. The van der Waals surface area contributed by atoms with Crippen molar-refractivity contribution in [3.63, 3.8) is 0 Å². The number of esters is 1. The molecule has 6 heteroatoms. The van der Waals surface area contributed by atoms with Crippen molar-refractivity contribution in [2.24, 2.45) is 5.92 Å². The molecule has 1 saturated carbocycles. The van der Waals surface area contributed by atoms with Crippen LogP contribution in [-0.2, 0) is 20.7 Å². The summed E-state index contributed by atoms with van der Waals surface area (Å²) in [5.41, 5.74) is 1.32. The van der Waals surface area contributed by atoms with E-state index in [9.17, 15) is 14.9 Å². The lowest BCUT2D eigenvalue weighted by Gasteiger charge is -2.32. The van der Waals surface area contributed by atoms with Gasteiger partial charge in [-0.05, 0) is 75.4 Å². The van der Waals surface area contributed by atoms with Crippen molar-refractivity contribution in [1.29, 1.82) is 5.26 Å². The van der Waals surface area contributed by atoms with Gasteiger partial charge in [-0.15, -0.1) is 0 Å². The van der Waals surface area contributed by atoms with Crippen molar-refractivity contribution < 1.29 is 14.3 Å². The first-order chi connectivity index (χ1) is 16.2. The molecule has 5 nitrogen and oxygen atoms in total. The fraction of sp³-hybridized carbons (Fsp3) is 0.464. The molecule has 34 heavy (non-hydrogen) atoms. The van der Waals surface area contributed by atoms with Gasteiger partial charge in [-0.3, -0.25) is 9.59 Å². The van der Waals surface area contributed by atoms with E-state index in [0.29, 0.717) is 17.0 Å². The largest absolute Gasteiger partial charge is 0.449 e. The summed E-state index contributed by atoms with van der Waals surface area (Å²) < 4.78 is 5.68. The van der Waals surface area contributed by atoms with E-state index >= 15 is 0 Å². The molecule has 1 aliphatic carbocycles. The minimum Gasteiger partial charge on any atom is -0.449 e. The van der Waals surface area contributed by atoms with Gasteiger partial charge in [-0.25, -0.2) is 0 Å². The fourth-order valence-corrected chi connectivity index (χ4v) is 4.62. The number of benzene rings is 2. The maximum Gasteiger partial charge on any atom is 0.309 e. The molecule has 1 amide bonds. The predicted octanol–water partition coefficient (Wildman–Crippen LogP) is 5.94. The van der Waals surface area contributed by atoms with E-state index < -0.39 is 5.60 Å². The van der Waals surface area contributed by atoms with Crippen molar-refractivity contribution in [3.05, 3.63) is 70.2 Å². The van der Waals surface area contributed by atoms with Crippen molar-refractivity contribution in [1.82, 2.24) is 5.32 Å². The Kier molecular flexibility index (Phi) is 8.74. The van der Waals surface area contributed by atoms with Crippen molar-refractivity contribution in [2.45, 2.75) is 76.9 Å². The zero-order valence-electron chi connectivity index (χ0n) is 20.1. The fourth-order valence-electron chi connectivity index (χ4n) is 4.50. The maximum atomic E-state index is 13.2. The van der Waals surface area contributed by atoms with Crippen LogP contribution in [0.15, 0.2) is 48.5 Å². The number of rotatable bonds is 8. The Balaban J connectivity index is 1.75. The summed E-state index contributed by atoms with van der Waals surface area (Å²) in [6.45, 7) is 5.22. The van der Waals surface area contributed by atoms with Gasteiger partial charge in [0, 0.05) is 17.0 Å². The van der Waals surface area contributed by atoms with Gasteiger partial charge in [-0.2, -0.15) is 5.26 Å². The number of ether oxygens (including phenoxy) is 1. The van der Waals surface area contributed by atoms with E-state index in [1.807, 2.05) is 49.4 Å². The van der Waals surface area contributed by atoms with E-state index in [0.717, 1.165) is 43.2 Å². The Bertz CT molecular complexity index is 1040. The highest BCUT2D eigenvalue weighted by Gasteiger charge is 2.36. The molecule has 2 atom stereocenters. The molecule has 3 rings (SSSR count). The number of nitriles is 1. The number of nitrogens with one attached hydrogen (secondary N) is 1. The Morgan fingerprint density at radius 1 is 1.15 bits per heavy atom. The molecule has 0 saturated heterocycles. The molecule has 2 aromatic carbocycles. The summed E-state index contributed by atoms with van der Waals surface area (Å²) in [5.74, 6) is -0.832. The third-order valence-electron chi connectivity index (χ3n) is 6.62. The summed E-state index contributed by atoms with van der Waals surface area (Å²) >= 11 is 6.05. The zero-order valence-corrected chi connectivity index (χ0v) is 20.9. The average molecular weight is 481 g/mol. The van der Waals surface area contributed by atoms with Gasteiger partial charge in [0.1, 0.15) is 0 Å². The topological polar surface area (TPSA) is 79.2 Å². The minimum absolute atomic E-state index is 0.0942. The number of amides is 1. The van der Waals surface area contributed by atoms with Gasteiger partial charge >= 0.3 is 5.97 Å². The van der Waals surface area contributed by atoms with E-state index in [2.05, 4.69) is 11.4 Å². The molecule has 0 heterocycles. The van der Waals surface area contributed by atoms with Crippen LogP contribution in [0.5, 0.6) is 0 Å². The summed E-state index contributed by atoms with van der Waals surface area (Å²) in [4.78, 5) is 25.8. The molecule has 1 N–H and O–H groups in total. The molecule has 0 unspecified atom stereocenters. The molecule has 0 aromatic heterocycles. The second-order valence-electron chi connectivity index (χ2n) is 9.70. The molecule has 0 radical (unpaired) electrons. The standard InChI is InChI=1S/C28H33ClN2O3/c1-19(31-27(33)28(2,3)34-26(32)22-9-5-4-6-10-22)25(17-20-12-14-24(29)15-13-20)23-11-7-8-21(16-23)18-30/h7-8,11-16,19,22,25H,4-6,9-10,17H2,1-3H3,(H,31,33)/t19-,25+/m0/s1. The van der Waals surface area contributed by atoms with Gasteiger partial charge in [0.05, 0.1) is 17.6 Å². The number of carbonyl (C=O) groups is 2. The monoisotopic (exact) mass is 480 g/mol. The normalized spacial score (nSPS) is 16.2. The van der Waals surface area contributed by atoms with Gasteiger partial charge in [-0.1, -0.05) is 55.1 Å². The van der Waals surface area contributed by atoms with Crippen LogP contribution in [0.1, 0.15) is 75.5 Å². The van der Waals surface area contributed by atoms with E-state index in [-0.39, 0.29) is 29.8 Å². The Hall–Kier alpha value is -2.84. The van der Waals surface area contributed by atoms with Crippen molar-refractivity contribution >= 4 is 23.5 Å². The maximum absolute atomic E-state index is 13.2. The predicted molar refractivity (Wildman–Crippen MR) is 133 cm³/mol. The van der Waals surface area contributed by atoms with Crippen molar-refractivity contribution in [2.75, 3.05) is 0 Å². The van der Waals surface area contributed by atoms with Gasteiger partial charge in [0.15, 0.2) is 5.60 Å². The molecular weight excluding hydrogens is 448 g/mol. The molecule has 180 valence electrons. The van der Waals surface area contributed by atoms with Gasteiger partial charge < -0.3 is 10.1 Å². The first-order valence-corrected chi connectivity index (χ1v) is 12.4. The smallest absolute Gasteiger partial charge is 0.309 e. The molecule has 0 bridgehead atoms. The number of nitrogens with zero attached hydrogens (tertiary/aromatic N) is 1. The molecule has 0 aliphatic heterocycles. The Labute approximate surface area is 207 Å². The molecular formula is C28H33ClN2O3. The van der Waals surface area contributed by atoms with Gasteiger partial charge in [0.2, 0.25) is 0 Å². The minimum atomic E-state index is -1.28. The zero-order chi connectivity index (χ0) is 24.7. The van der Waals surface area contributed by atoms with Gasteiger partial charge in [0.25, 0.3) is 5.91 Å². The number of hydrogen-bond acceptors (Lipinski definition) is 4. The van der Waals surface area contributed by atoms with Crippen LogP contribution in [0.3, 0.4) is 0 Å². The van der Waals surface area contributed by atoms with E-state index in [4.69, 9.17) is 16.3 Å². The third-order valence-corrected chi connectivity index (χ3v) is 6.87.